The monoisotopic (exact) mass is 308 g/mol. The van der Waals surface area contributed by atoms with Crippen molar-refractivity contribution in [2.45, 2.75) is 6.17 Å². The maximum atomic E-state index is 11.9. The van der Waals surface area contributed by atoms with Gasteiger partial charge >= 0.3 is 0 Å². The Morgan fingerprint density at radius 3 is 2.82 bits per heavy atom. The number of hydrogen-bond donors (Lipinski definition) is 2. The molecule has 0 bridgehead atoms. The molecule has 0 aliphatic carbocycles. The lowest BCUT2D eigenvalue weighted by molar-refractivity contribution is 0.0936. The van der Waals surface area contributed by atoms with Crippen molar-refractivity contribution in [2.75, 3.05) is 5.32 Å². The van der Waals surface area contributed by atoms with Gasteiger partial charge in [-0.15, -0.1) is 11.3 Å². The van der Waals surface area contributed by atoms with Gasteiger partial charge in [-0.05, 0) is 34.1 Å². The summed E-state index contributed by atoms with van der Waals surface area (Å²) in [5, 5.41) is 8.26. The van der Waals surface area contributed by atoms with Crippen molar-refractivity contribution in [3.63, 3.8) is 0 Å². The first-order valence-electron chi connectivity index (χ1n) is 5.14. The van der Waals surface area contributed by atoms with Crippen molar-refractivity contribution >= 4 is 38.9 Å². The molecule has 86 valence electrons. The summed E-state index contributed by atoms with van der Waals surface area (Å²) in [6, 6.07) is 9.53. The lowest BCUT2D eigenvalue weighted by Crippen LogP contribution is -2.37. The van der Waals surface area contributed by atoms with Crippen LogP contribution < -0.4 is 10.6 Å². The molecule has 1 atom stereocenters. The van der Waals surface area contributed by atoms with Crippen LogP contribution in [0.2, 0.25) is 0 Å². The van der Waals surface area contributed by atoms with Crippen LogP contribution >= 0.6 is 27.3 Å². The molecule has 1 aromatic heterocycles. The van der Waals surface area contributed by atoms with Crippen molar-refractivity contribution in [3.05, 3.63) is 50.6 Å². The highest BCUT2D eigenvalue weighted by atomic mass is 79.9. The van der Waals surface area contributed by atoms with E-state index in [-0.39, 0.29) is 12.1 Å². The number of carbonyl (C=O) groups excluding carboxylic acids is 1. The zero-order chi connectivity index (χ0) is 11.8. The van der Waals surface area contributed by atoms with Gasteiger partial charge in [0.1, 0.15) is 6.17 Å². The summed E-state index contributed by atoms with van der Waals surface area (Å²) >= 11 is 5.02. The van der Waals surface area contributed by atoms with Crippen LogP contribution in [0.5, 0.6) is 0 Å². The number of hydrogen-bond acceptors (Lipinski definition) is 3. The largest absolute Gasteiger partial charge is 0.360 e. The highest BCUT2D eigenvalue weighted by Crippen LogP contribution is 2.30. The van der Waals surface area contributed by atoms with Crippen LogP contribution in [0, 0.1) is 0 Å². The molecule has 17 heavy (non-hydrogen) atoms. The first-order chi connectivity index (χ1) is 8.24. The zero-order valence-corrected chi connectivity index (χ0v) is 11.1. The minimum atomic E-state index is -0.145. The average Bonchev–Trinajstić information content (AvgIpc) is 2.76. The molecule has 1 aliphatic heterocycles. The molecular weight excluding hydrogens is 300 g/mol. The van der Waals surface area contributed by atoms with Gasteiger partial charge in [0.25, 0.3) is 5.91 Å². The summed E-state index contributed by atoms with van der Waals surface area (Å²) in [5.41, 5.74) is 1.57. The van der Waals surface area contributed by atoms with Gasteiger partial charge in [-0.3, -0.25) is 4.79 Å². The molecule has 2 N–H and O–H groups in total. The fraction of sp³-hybridized carbons (Fsp3) is 0.0833. The van der Waals surface area contributed by atoms with Gasteiger partial charge in [-0.2, -0.15) is 0 Å². The molecular formula is C12H9BrN2OS. The molecule has 1 aliphatic rings. The number of carbonyl (C=O) groups is 1. The van der Waals surface area contributed by atoms with Gasteiger partial charge < -0.3 is 10.6 Å². The molecule has 1 unspecified atom stereocenters. The molecule has 3 nitrogen and oxygen atoms in total. The number of nitrogens with one attached hydrogen (secondary N) is 2. The third kappa shape index (κ3) is 1.96. The minimum absolute atomic E-state index is 0.0335. The van der Waals surface area contributed by atoms with Crippen LogP contribution in [0.25, 0.3) is 0 Å². The van der Waals surface area contributed by atoms with E-state index >= 15 is 0 Å². The van der Waals surface area contributed by atoms with E-state index in [9.17, 15) is 4.79 Å². The third-order valence-electron chi connectivity index (χ3n) is 2.62. The molecule has 1 aromatic carbocycles. The quantitative estimate of drug-likeness (QED) is 0.848. The highest BCUT2D eigenvalue weighted by molar-refractivity contribution is 9.10. The summed E-state index contributed by atoms with van der Waals surface area (Å²) in [4.78, 5) is 13.0. The third-order valence-corrected chi connectivity index (χ3v) is 4.38. The molecule has 0 fully saturated rings. The van der Waals surface area contributed by atoms with Gasteiger partial charge in [0.05, 0.1) is 5.56 Å². The minimum Gasteiger partial charge on any atom is -0.360 e. The number of para-hydroxylation sites is 1. The van der Waals surface area contributed by atoms with Crippen LogP contribution in [-0.4, -0.2) is 5.91 Å². The summed E-state index contributed by atoms with van der Waals surface area (Å²) < 4.78 is 1.03. The second-order valence-electron chi connectivity index (χ2n) is 3.76. The fourth-order valence-electron chi connectivity index (χ4n) is 1.83. The summed E-state index contributed by atoms with van der Waals surface area (Å²) in [6.45, 7) is 0. The Hall–Kier alpha value is -1.33. The van der Waals surface area contributed by atoms with Gasteiger partial charge in [0.15, 0.2) is 0 Å². The van der Waals surface area contributed by atoms with E-state index in [2.05, 4.69) is 26.6 Å². The molecule has 0 spiro atoms. The van der Waals surface area contributed by atoms with Gasteiger partial charge in [-0.25, -0.2) is 0 Å². The molecule has 2 aromatic rings. The number of halogens is 1. The molecule has 0 saturated carbocycles. The Morgan fingerprint density at radius 2 is 2.06 bits per heavy atom. The van der Waals surface area contributed by atoms with E-state index in [0.29, 0.717) is 5.56 Å². The molecule has 0 saturated heterocycles. The predicted molar refractivity (Wildman–Crippen MR) is 72.3 cm³/mol. The average molecular weight is 309 g/mol. The van der Waals surface area contributed by atoms with E-state index < -0.39 is 0 Å². The van der Waals surface area contributed by atoms with Crippen molar-refractivity contribution in [1.82, 2.24) is 5.32 Å². The van der Waals surface area contributed by atoms with E-state index in [1.807, 2.05) is 35.7 Å². The maximum Gasteiger partial charge on any atom is 0.255 e. The van der Waals surface area contributed by atoms with E-state index in [1.165, 1.54) is 0 Å². The Bertz CT molecular complexity index is 581. The molecule has 3 rings (SSSR count). The maximum absolute atomic E-state index is 11.9. The van der Waals surface area contributed by atoms with Crippen LogP contribution in [0.1, 0.15) is 21.4 Å². The van der Waals surface area contributed by atoms with Crippen LogP contribution in [0.3, 0.4) is 0 Å². The first kappa shape index (κ1) is 10.8. The smallest absolute Gasteiger partial charge is 0.255 e. The summed E-state index contributed by atoms with van der Waals surface area (Å²) in [5.74, 6) is -0.0335. The topological polar surface area (TPSA) is 41.1 Å². The lowest BCUT2D eigenvalue weighted by Gasteiger charge is -2.26. The van der Waals surface area contributed by atoms with Crippen LogP contribution in [0.4, 0.5) is 5.69 Å². The SMILES string of the molecule is O=C1NC(c2cc(Br)cs2)Nc2ccccc21. The van der Waals surface area contributed by atoms with E-state index in [0.717, 1.165) is 15.0 Å². The van der Waals surface area contributed by atoms with Crippen LogP contribution in [-0.2, 0) is 0 Å². The Kier molecular flexibility index (Phi) is 2.64. The number of anilines is 1. The van der Waals surface area contributed by atoms with Gasteiger partial charge in [0, 0.05) is 20.4 Å². The number of benzene rings is 1. The molecule has 2 heterocycles. The number of rotatable bonds is 1. The van der Waals surface area contributed by atoms with Crippen molar-refractivity contribution in [3.8, 4) is 0 Å². The second kappa shape index (κ2) is 4.16. The van der Waals surface area contributed by atoms with Crippen LogP contribution in [0.15, 0.2) is 40.2 Å². The molecule has 0 radical (unpaired) electrons. The Labute approximate surface area is 111 Å². The zero-order valence-electron chi connectivity index (χ0n) is 8.74. The first-order valence-corrected chi connectivity index (χ1v) is 6.81. The highest BCUT2D eigenvalue weighted by Gasteiger charge is 2.24. The van der Waals surface area contributed by atoms with E-state index in [1.54, 1.807) is 11.3 Å². The normalized spacial score (nSPS) is 18.2. The van der Waals surface area contributed by atoms with Gasteiger partial charge in [0.2, 0.25) is 0 Å². The molecule has 1 amide bonds. The Morgan fingerprint density at radius 1 is 1.24 bits per heavy atom. The number of fused-ring (bicyclic) bond motifs is 1. The summed E-state index contributed by atoms with van der Waals surface area (Å²) in [6.07, 6.45) is -0.145. The van der Waals surface area contributed by atoms with E-state index in [4.69, 9.17) is 0 Å². The molecule has 5 heteroatoms. The van der Waals surface area contributed by atoms with Gasteiger partial charge in [-0.1, -0.05) is 12.1 Å². The fourth-order valence-corrected chi connectivity index (χ4v) is 3.27. The standard InChI is InChI=1S/C12H9BrN2OS/c13-7-5-10(17-6-7)11-14-9-4-2-1-3-8(9)12(16)15-11/h1-6,11,14H,(H,15,16). The number of thiophene rings is 1. The predicted octanol–water partition coefficient (Wildman–Crippen LogP) is 3.36. The van der Waals surface area contributed by atoms with Crippen molar-refractivity contribution < 1.29 is 4.79 Å². The van der Waals surface area contributed by atoms with Crippen molar-refractivity contribution in [2.24, 2.45) is 0 Å². The van der Waals surface area contributed by atoms with Crippen molar-refractivity contribution in [1.29, 1.82) is 0 Å². The summed E-state index contributed by atoms with van der Waals surface area (Å²) in [7, 11) is 0. The second-order valence-corrected chi connectivity index (χ2v) is 5.62. The lowest BCUT2D eigenvalue weighted by atomic mass is 10.1. The number of amides is 1. The Balaban J connectivity index is 1.96.